The van der Waals surface area contributed by atoms with Crippen LogP contribution < -0.4 is 31.1 Å². The Bertz CT molecular complexity index is 2120. The van der Waals surface area contributed by atoms with Gasteiger partial charge in [-0.1, -0.05) is 51.4 Å². The summed E-state index contributed by atoms with van der Waals surface area (Å²) in [6, 6.07) is 8.17. The molecule has 1 aromatic carbocycles. The van der Waals surface area contributed by atoms with Crippen molar-refractivity contribution >= 4 is 40.2 Å². The summed E-state index contributed by atoms with van der Waals surface area (Å²) in [7, 11) is 1.70. The number of fused-ring (bicyclic) bond motifs is 1. The van der Waals surface area contributed by atoms with Crippen molar-refractivity contribution in [1.82, 2.24) is 30.1 Å². The molecule has 7 aliphatic rings. The average molecular weight is 877 g/mol. The molecule has 64 heavy (non-hydrogen) atoms. The van der Waals surface area contributed by atoms with Gasteiger partial charge in [-0.05, 0) is 138 Å². The van der Waals surface area contributed by atoms with E-state index in [0.717, 1.165) is 130 Å². The monoisotopic (exact) mass is 877 g/mol. The number of carbonyl (C=O) groups is 2. The van der Waals surface area contributed by atoms with Gasteiger partial charge >= 0.3 is 0 Å². The first-order valence-electron chi connectivity index (χ1n) is 25.6. The number of rotatable bonds is 22. The third kappa shape index (κ3) is 10.7. The fourth-order valence-corrected chi connectivity index (χ4v) is 12.9. The van der Waals surface area contributed by atoms with E-state index in [4.69, 9.17) is 9.72 Å². The summed E-state index contributed by atoms with van der Waals surface area (Å²) < 4.78 is 7.73. The maximum Gasteiger partial charge on any atom is 0.252 e. The number of hydrogen-bond donors (Lipinski definition) is 3. The minimum Gasteiger partial charge on any atom is -0.494 e. The first-order chi connectivity index (χ1) is 31.2. The predicted octanol–water partition coefficient (Wildman–Crippen LogP) is 9.22. The predicted molar refractivity (Wildman–Crippen MR) is 255 cm³/mol. The number of hydrogen-bond acceptors (Lipinski definition) is 9. The third-order valence-corrected chi connectivity index (χ3v) is 16.4. The number of aromatic nitrogens is 3. The lowest BCUT2D eigenvalue weighted by atomic mass is 9.73. The van der Waals surface area contributed by atoms with Crippen molar-refractivity contribution in [2.75, 3.05) is 56.6 Å². The fraction of sp³-hybridized carbons (Fsp3) is 0.712. The van der Waals surface area contributed by atoms with Gasteiger partial charge in [-0.15, -0.1) is 0 Å². The smallest absolute Gasteiger partial charge is 0.252 e. The summed E-state index contributed by atoms with van der Waals surface area (Å²) in [5, 5.41) is 10.8. The SMILES string of the molecule is COc1cc(N2CCN(CCCCCCCCCCCCNC(=O)CC34CC5CC(CC3C5)C4)CC2)ccc1Nc1ncc2c(C)cc(=O)n([C@H]3CC[C@@H](NC(=O)C4CC4)CC3)c2n1. The minimum atomic E-state index is -0.0453. The van der Waals surface area contributed by atoms with Gasteiger partial charge in [-0.2, -0.15) is 4.98 Å². The highest BCUT2D eigenvalue weighted by atomic mass is 16.5. The summed E-state index contributed by atoms with van der Waals surface area (Å²) in [5.41, 5.74) is 3.77. The quantitative estimate of drug-likeness (QED) is 0.0846. The Kier molecular flexibility index (Phi) is 14.4. The molecule has 7 fully saturated rings. The number of anilines is 3. The zero-order valence-corrected chi connectivity index (χ0v) is 39.0. The lowest BCUT2D eigenvalue weighted by Crippen LogP contribution is -2.46. The molecule has 2 aromatic heterocycles. The van der Waals surface area contributed by atoms with Gasteiger partial charge in [-0.25, -0.2) is 4.98 Å². The summed E-state index contributed by atoms with van der Waals surface area (Å²) >= 11 is 0. The van der Waals surface area contributed by atoms with Crippen molar-refractivity contribution in [3.8, 4) is 5.75 Å². The van der Waals surface area contributed by atoms with Crippen LogP contribution in [0.3, 0.4) is 0 Å². The average Bonchev–Trinajstić information content (AvgIpc) is 4.08. The molecule has 3 N–H and O–H groups in total. The van der Waals surface area contributed by atoms with Crippen molar-refractivity contribution < 1.29 is 14.3 Å². The molecule has 1 saturated heterocycles. The van der Waals surface area contributed by atoms with Gasteiger partial charge in [0.15, 0.2) is 0 Å². The third-order valence-electron chi connectivity index (χ3n) is 16.4. The second kappa shape index (κ2) is 20.5. The highest BCUT2D eigenvalue weighted by Gasteiger charge is 2.58. The van der Waals surface area contributed by atoms with E-state index >= 15 is 0 Å². The van der Waals surface area contributed by atoms with E-state index in [1.807, 2.05) is 23.8 Å². The Hall–Kier alpha value is -4.19. The van der Waals surface area contributed by atoms with E-state index in [1.54, 1.807) is 13.2 Å². The number of ether oxygens (including phenoxy) is 1. The molecule has 6 aliphatic carbocycles. The van der Waals surface area contributed by atoms with Crippen LogP contribution in [0, 0.1) is 36.0 Å². The number of nitrogens with one attached hydrogen (secondary N) is 3. The molecule has 12 nitrogen and oxygen atoms in total. The summed E-state index contributed by atoms with van der Waals surface area (Å²) in [5.74, 6) is 4.59. The van der Waals surface area contributed by atoms with Gasteiger partial charge < -0.3 is 25.6 Å². The van der Waals surface area contributed by atoms with Crippen molar-refractivity contribution in [3.05, 3.63) is 46.4 Å². The summed E-state index contributed by atoms with van der Waals surface area (Å²) in [4.78, 5) is 53.2. The highest BCUT2D eigenvalue weighted by Crippen LogP contribution is 2.66. The molecule has 3 heterocycles. The number of methoxy groups -OCH3 is 1. The number of aryl methyl sites for hydroxylation is 1. The van der Waals surface area contributed by atoms with E-state index in [-0.39, 0.29) is 29.5 Å². The molecule has 4 bridgehead atoms. The zero-order valence-electron chi connectivity index (χ0n) is 39.0. The van der Waals surface area contributed by atoms with Crippen LogP contribution in [-0.4, -0.2) is 83.7 Å². The van der Waals surface area contributed by atoms with E-state index in [2.05, 4.69) is 42.9 Å². The maximum absolute atomic E-state index is 13.5. The standard InChI is InChI=1S/C52H76N8O4/c1-36-27-48(62)60(42-17-15-41(16-18-42)55-50(63)39-13-14-39)49-44(36)35-54-51(57-49)56-45-20-19-43(31-46(45)64-2)59-25-23-58(24-26-59)22-12-10-8-6-4-3-5-7-9-11-21-53-47(61)34-52-32-37-28-38(33-52)30-40(52)29-37/h19-20,27,31,35,37-42H,3-18,21-26,28-30,32-34H2,1-2H3,(H,53,61)(H,55,63)(H,54,56,57)/t37?,38?,40?,41-,42+,52?. The van der Waals surface area contributed by atoms with Crippen LogP contribution >= 0.6 is 0 Å². The summed E-state index contributed by atoms with van der Waals surface area (Å²) in [6.07, 6.45) is 27.8. The minimum absolute atomic E-state index is 0.0203. The Balaban J connectivity index is 0.647. The molecule has 6 saturated carbocycles. The van der Waals surface area contributed by atoms with Gasteiger partial charge in [-0.3, -0.25) is 23.9 Å². The molecule has 348 valence electrons. The molecule has 2 atom stereocenters. The van der Waals surface area contributed by atoms with Crippen LogP contribution in [-0.2, 0) is 9.59 Å². The van der Waals surface area contributed by atoms with Gasteiger partial charge in [0, 0.05) is 86.5 Å². The Labute approximate surface area is 381 Å². The van der Waals surface area contributed by atoms with E-state index in [0.29, 0.717) is 22.9 Å². The van der Waals surface area contributed by atoms with Crippen molar-refractivity contribution in [3.63, 3.8) is 0 Å². The summed E-state index contributed by atoms with van der Waals surface area (Å²) in [6.45, 7) is 8.10. The molecule has 3 aromatic rings. The topological polar surface area (TPSA) is 134 Å². The number of pyridine rings is 1. The molecular weight excluding hydrogens is 801 g/mol. The maximum atomic E-state index is 13.5. The first kappa shape index (κ1) is 45.0. The molecule has 10 rings (SSSR count). The Morgan fingerprint density at radius 2 is 1.52 bits per heavy atom. The molecule has 0 radical (unpaired) electrons. The lowest BCUT2D eigenvalue weighted by molar-refractivity contribution is -0.124. The number of amides is 2. The molecule has 1 aliphatic heterocycles. The zero-order chi connectivity index (χ0) is 44.0. The van der Waals surface area contributed by atoms with Gasteiger partial charge in [0.05, 0.1) is 12.8 Å². The number of unbranched alkanes of at least 4 members (excludes halogenated alkanes) is 9. The highest BCUT2D eigenvalue weighted by molar-refractivity contribution is 5.81. The van der Waals surface area contributed by atoms with Crippen LogP contribution in [0.1, 0.15) is 153 Å². The van der Waals surface area contributed by atoms with Crippen LogP contribution in [0.25, 0.3) is 11.0 Å². The fourth-order valence-electron chi connectivity index (χ4n) is 12.9. The second-order valence-corrected chi connectivity index (χ2v) is 21.1. The van der Waals surface area contributed by atoms with Gasteiger partial charge in [0.2, 0.25) is 17.8 Å². The first-order valence-corrected chi connectivity index (χ1v) is 25.6. The van der Waals surface area contributed by atoms with Crippen LogP contribution in [0.15, 0.2) is 35.3 Å². The van der Waals surface area contributed by atoms with Crippen molar-refractivity contribution in [2.45, 2.75) is 160 Å². The van der Waals surface area contributed by atoms with Gasteiger partial charge in [0.25, 0.3) is 5.56 Å². The largest absolute Gasteiger partial charge is 0.494 e. The van der Waals surface area contributed by atoms with E-state index in [1.165, 1.54) is 96.4 Å². The van der Waals surface area contributed by atoms with E-state index < -0.39 is 0 Å². The number of piperazine rings is 1. The Morgan fingerprint density at radius 1 is 0.828 bits per heavy atom. The lowest BCUT2D eigenvalue weighted by Gasteiger charge is -2.36. The molecule has 0 spiro atoms. The van der Waals surface area contributed by atoms with Crippen LogP contribution in [0.5, 0.6) is 5.75 Å². The van der Waals surface area contributed by atoms with Crippen LogP contribution in [0.4, 0.5) is 17.3 Å². The van der Waals surface area contributed by atoms with Crippen molar-refractivity contribution in [1.29, 1.82) is 0 Å². The van der Waals surface area contributed by atoms with E-state index in [9.17, 15) is 14.4 Å². The molecule has 12 heteroatoms. The number of carbonyl (C=O) groups excluding carboxylic acids is 2. The molecular formula is C52H76N8O4. The Morgan fingerprint density at radius 3 is 2.20 bits per heavy atom. The van der Waals surface area contributed by atoms with Crippen LogP contribution in [0.2, 0.25) is 0 Å². The number of benzene rings is 1. The number of nitrogens with zero attached hydrogens (tertiary/aromatic N) is 5. The van der Waals surface area contributed by atoms with Gasteiger partial charge in [0.1, 0.15) is 11.4 Å². The molecule has 2 unspecified atom stereocenters. The second-order valence-electron chi connectivity index (χ2n) is 21.1. The van der Waals surface area contributed by atoms with Crippen molar-refractivity contribution in [2.24, 2.45) is 29.1 Å². The normalized spacial score (nSPS) is 26.4. The molecule has 2 amide bonds.